The molecule has 0 spiro atoms. The van der Waals surface area contributed by atoms with E-state index in [1.54, 1.807) is 0 Å². The second-order valence-corrected chi connectivity index (χ2v) is 8.76. The van der Waals surface area contributed by atoms with Crippen LogP contribution in [0.1, 0.15) is 47.4 Å². The van der Waals surface area contributed by atoms with Crippen LogP contribution in [0, 0.1) is 5.82 Å². The van der Waals surface area contributed by atoms with Gasteiger partial charge < -0.3 is 10.2 Å². The average molecular weight is 545 g/mol. The van der Waals surface area contributed by atoms with Gasteiger partial charge in [0.2, 0.25) is 5.91 Å². The molecule has 3 rings (SSSR count). The number of hydrogen-bond donors (Lipinski definition) is 1. The van der Waals surface area contributed by atoms with Crippen molar-refractivity contribution >= 4 is 18.3 Å². The summed E-state index contributed by atoms with van der Waals surface area (Å²) in [5.74, 6) is -2.17. The monoisotopic (exact) mass is 544 g/mol. The lowest BCUT2D eigenvalue weighted by Gasteiger charge is -2.38. The molecule has 0 bridgehead atoms. The molecule has 3 nitrogen and oxygen atoms in total. The van der Waals surface area contributed by atoms with Gasteiger partial charge in [0.1, 0.15) is 11.5 Å². The normalized spacial score (nSPS) is 16.7. The minimum absolute atomic E-state index is 0. The molecule has 1 heterocycles. The van der Waals surface area contributed by atoms with Gasteiger partial charge in [-0.3, -0.25) is 4.79 Å². The number of hydrogen-bond acceptors (Lipinski definition) is 2. The number of amides is 1. The van der Waals surface area contributed by atoms with Crippen LogP contribution in [0.3, 0.4) is 0 Å². The summed E-state index contributed by atoms with van der Waals surface area (Å²) in [4.78, 5) is 13.9. The van der Waals surface area contributed by atoms with Crippen LogP contribution >= 0.6 is 12.4 Å². The third-order valence-electron chi connectivity index (χ3n) is 6.20. The van der Waals surface area contributed by atoms with Crippen molar-refractivity contribution in [1.82, 2.24) is 10.2 Å². The molecule has 2 aromatic carbocycles. The number of halogens is 9. The van der Waals surface area contributed by atoms with E-state index in [1.807, 2.05) is 0 Å². The van der Waals surface area contributed by atoms with E-state index < -0.39 is 53.3 Å². The largest absolute Gasteiger partial charge is 0.416 e. The number of piperidine rings is 1. The number of rotatable bonds is 6. The van der Waals surface area contributed by atoms with E-state index in [-0.39, 0.29) is 43.3 Å². The van der Waals surface area contributed by atoms with E-state index in [2.05, 4.69) is 5.32 Å². The van der Waals surface area contributed by atoms with Gasteiger partial charge in [0.25, 0.3) is 0 Å². The molecule has 1 saturated heterocycles. The maximum Gasteiger partial charge on any atom is 0.416 e. The van der Waals surface area contributed by atoms with Crippen LogP contribution in [-0.4, -0.2) is 36.6 Å². The Hall–Kier alpha value is -2.40. The summed E-state index contributed by atoms with van der Waals surface area (Å²) in [7, 11) is 1.23. The number of nitrogens with one attached hydrogen (secondary N) is 1. The van der Waals surface area contributed by atoms with Gasteiger partial charge in [0.15, 0.2) is 0 Å². The molecule has 1 N–H and O–H groups in total. The van der Waals surface area contributed by atoms with E-state index in [4.69, 9.17) is 0 Å². The zero-order valence-electron chi connectivity index (χ0n) is 19.1. The number of nitrogens with zero attached hydrogens (tertiary/aromatic N) is 1. The summed E-state index contributed by atoms with van der Waals surface area (Å²) < 4.78 is 108. The van der Waals surface area contributed by atoms with Crippen molar-refractivity contribution in [2.75, 3.05) is 20.1 Å². The number of carbonyl (C=O) groups excluding carboxylic acids is 1. The molecular formula is C24H25ClF8N2O. The third kappa shape index (κ3) is 7.32. The Morgan fingerprint density at radius 2 is 1.47 bits per heavy atom. The van der Waals surface area contributed by atoms with Crippen LogP contribution in [0.4, 0.5) is 35.1 Å². The summed E-state index contributed by atoms with van der Waals surface area (Å²) in [6, 6.07) is 6.16. The molecule has 12 heteroatoms. The standard InChI is InChI=1S/C24H24F8N2O.ClH/c1-34(14-15-10-17(23(27,28)29)12-18(11-15)24(30,31)32)21(35)13-20(16-2-4-19(25)5-3-16)22(26)6-8-33-9-7-22;/h2-5,10-12,20,33H,6-9,13-14H2,1H3;1H. The maximum absolute atomic E-state index is 15.9. The van der Waals surface area contributed by atoms with Crippen molar-refractivity contribution in [2.24, 2.45) is 0 Å². The number of alkyl halides is 7. The van der Waals surface area contributed by atoms with E-state index >= 15 is 4.39 Å². The van der Waals surface area contributed by atoms with Gasteiger partial charge in [0, 0.05) is 25.9 Å². The molecule has 200 valence electrons. The fraction of sp³-hybridized carbons (Fsp3) is 0.458. The molecule has 0 saturated carbocycles. The Labute approximate surface area is 209 Å². The Morgan fingerprint density at radius 3 is 1.94 bits per heavy atom. The third-order valence-corrected chi connectivity index (χ3v) is 6.20. The molecule has 0 aromatic heterocycles. The second kappa shape index (κ2) is 11.3. The van der Waals surface area contributed by atoms with Gasteiger partial charge in [-0.25, -0.2) is 8.78 Å². The average Bonchev–Trinajstić information content (AvgIpc) is 2.77. The molecule has 1 aliphatic heterocycles. The molecule has 1 atom stereocenters. The quantitative estimate of drug-likeness (QED) is 0.421. The highest BCUT2D eigenvalue weighted by molar-refractivity contribution is 5.85. The van der Waals surface area contributed by atoms with Crippen LogP contribution in [0.5, 0.6) is 0 Å². The first-order valence-electron chi connectivity index (χ1n) is 10.9. The predicted molar refractivity (Wildman–Crippen MR) is 120 cm³/mol. The van der Waals surface area contributed by atoms with Gasteiger partial charge in [-0.2, -0.15) is 26.3 Å². The van der Waals surface area contributed by atoms with E-state index in [0.29, 0.717) is 30.8 Å². The second-order valence-electron chi connectivity index (χ2n) is 8.76. The van der Waals surface area contributed by atoms with Crippen LogP contribution in [0.25, 0.3) is 0 Å². The van der Waals surface area contributed by atoms with E-state index in [9.17, 15) is 35.5 Å². The lowest BCUT2D eigenvalue weighted by molar-refractivity contribution is -0.143. The van der Waals surface area contributed by atoms with Crippen molar-refractivity contribution in [1.29, 1.82) is 0 Å². The number of carbonyl (C=O) groups is 1. The maximum atomic E-state index is 15.9. The molecule has 36 heavy (non-hydrogen) atoms. The van der Waals surface area contributed by atoms with Crippen molar-refractivity contribution in [3.63, 3.8) is 0 Å². The van der Waals surface area contributed by atoms with Gasteiger partial charge in [-0.15, -0.1) is 12.4 Å². The van der Waals surface area contributed by atoms with Crippen LogP contribution in [-0.2, 0) is 23.7 Å². The Morgan fingerprint density at radius 1 is 0.972 bits per heavy atom. The first kappa shape index (κ1) is 29.8. The highest BCUT2D eigenvalue weighted by Crippen LogP contribution is 2.42. The Bertz CT molecular complexity index is 1000. The lowest BCUT2D eigenvalue weighted by atomic mass is 9.75. The van der Waals surface area contributed by atoms with Crippen molar-refractivity contribution in [3.05, 3.63) is 70.5 Å². The van der Waals surface area contributed by atoms with Crippen molar-refractivity contribution in [2.45, 2.75) is 49.7 Å². The lowest BCUT2D eigenvalue weighted by Crippen LogP contribution is -2.44. The first-order chi connectivity index (χ1) is 16.2. The van der Waals surface area contributed by atoms with Crippen LogP contribution in [0.2, 0.25) is 0 Å². The Balaban J connectivity index is 0.00000456. The van der Waals surface area contributed by atoms with Gasteiger partial charge in [-0.1, -0.05) is 12.1 Å². The predicted octanol–water partition coefficient (Wildman–Crippen LogP) is 6.51. The molecule has 1 fully saturated rings. The van der Waals surface area contributed by atoms with Crippen LogP contribution < -0.4 is 5.32 Å². The zero-order valence-corrected chi connectivity index (χ0v) is 20.0. The first-order valence-corrected chi connectivity index (χ1v) is 10.9. The zero-order chi connectivity index (χ0) is 26.0. The van der Waals surface area contributed by atoms with Crippen LogP contribution in [0.15, 0.2) is 42.5 Å². The fourth-order valence-corrected chi connectivity index (χ4v) is 4.29. The summed E-state index contributed by atoms with van der Waals surface area (Å²) >= 11 is 0. The van der Waals surface area contributed by atoms with Gasteiger partial charge in [0.05, 0.1) is 11.1 Å². The SMILES string of the molecule is CN(Cc1cc(C(F)(F)F)cc(C(F)(F)F)c1)C(=O)CC(c1ccc(F)cc1)C1(F)CCNCC1.Cl. The van der Waals surface area contributed by atoms with Crippen molar-refractivity contribution in [3.8, 4) is 0 Å². The molecule has 0 radical (unpaired) electrons. The summed E-state index contributed by atoms with van der Waals surface area (Å²) in [6.45, 7) is 0.189. The minimum atomic E-state index is -5.01. The summed E-state index contributed by atoms with van der Waals surface area (Å²) in [5, 5.41) is 3.02. The molecular weight excluding hydrogens is 520 g/mol. The summed E-state index contributed by atoms with van der Waals surface area (Å²) in [6.07, 6.45) is -10.2. The highest BCUT2D eigenvalue weighted by Gasteiger charge is 2.42. The Kier molecular flexibility index (Phi) is 9.39. The highest BCUT2D eigenvalue weighted by atomic mass is 35.5. The molecule has 1 aliphatic rings. The summed E-state index contributed by atoms with van der Waals surface area (Å²) in [5.41, 5.74) is -4.73. The topological polar surface area (TPSA) is 32.3 Å². The smallest absolute Gasteiger partial charge is 0.341 e. The van der Waals surface area contributed by atoms with E-state index in [1.165, 1.54) is 19.2 Å². The minimum Gasteiger partial charge on any atom is -0.341 e. The number of benzene rings is 2. The van der Waals surface area contributed by atoms with Gasteiger partial charge in [-0.05, 0) is 67.4 Å². The van der Waals surface area contributed by atoms with Crippen molar-refractivity contribution < 1.29 is 39.9 Å². The van der Waals surface area contributed by atoms with Gasteiger partial charge >= 0.3 is 12.4 Å². The molecule has 0 aliphatic carbocycles. The molecule has 2 aromatic rings. The molecule has 1 unspecified atom stereocenters. The van der Waals surface area contributed by atoms with E-state index in [0.717, 1.165) is 17.0 Å². The fourth-order valence-electron chi connectivity index (χ4n) is 4.29. The molecule has 1 amide bonds.